The molecule has 24 heavy (non-hydrogen) atoms. The molecule has 3 amide bonds. The Hall–Kier alpha value is -2.41. The molecule has 2 aromatic rings. The van der Waals surface area contributed by atoms with Crippen molar-refractivity contribution in [2.45, 2.75) is 32.1 Å². The second-order valence-electron chi connectivity index (χ2n) is 5.44. The van der Waals surface area contributed by atoms with Crippen LogP contribution in [0.3, 0.4) is 0 Å². The van der Waals surface area contributed by atoms with E-state index < -0.39 is 6.03 Å². The number of benzene rings is 1. The molecule has 128 valence electrons. The molecule has 0 spiro atoms. The van der Waals surface area contributed by atoms with Crippen LogP contribution in [0.4, 0.5) is 9.93 Å². The van der Waals surface area contributed by atoms with E-state index in [4.69, 9.17) is 5.73 Å². The van der Waals surface area contributed by atoms with E-state index in [1.165, 1.54) is 16.9 Å². The maximum absolute atomic E-state index is 11.9. The minimum Gasteiger partial charge on any atom is -0.352 e. The maximum atomic E-state index is 11.9. The van der Waals surface area contributed by atoms with Gasteiger partial charge < -0.3 is 16.4 Å². The fourth-order valence-corrected chi connectivity index (χ4v) is 3.09. The molecule has 0 unspecified atom stereocenters. The first-order valence-corrected chi connectivity index (χ1v) is 8.77. The number of anilines is 1. The third kappa shape index (κ3) is 6.78. The standard InChI is InChI=1S/C17H22N4O2S/c18-16(23)19-10-6-2-5-9-15(22)21-17-20-12-14(24-17)11-13-7-3-1-4-8-13/h1,3-4,7-8,12H,2,5-6,9-11H2,(H3,18,19,23)(H,20,21,22). The first-order chi connectivity index (χ1) is 11.6. The molecule has 0 saturated carbocycles. The number of amides is 3. The number of carbonyl (C=O) groups excluding carboxylic acids is 2. The Morgan fingerprint density at radius 1 is 1.12 bits per heavy atom. The molecule has 1 aromatic carbocycles. The molecule has 1 heterocycles. The third-order valence-electron chi connectivity index (χ3n) is 3.40. The van der Waals surface area contributed by atoms with Crippen LogP contribution in [-0.2, 0) is 11.2 Å². The first-order valence-electron chi connectivity index (χ1n) is 7.95. The van der Waals surface area contributed by atoms with E-state index in [0.717, 1.165) is 30.6 Å². The van der Waals surface area contributed by atoms with Gasteiger partial charge in [0.05, 0.1) is 0 Å². The normalized spacial score (nSPS) is 10.3. The molecular weight excluding hydrogens is 324 g/mol. The lowest BCUT2D eigenvalue weighted by Gasteiger charge is -2.03. The van der Waals surface area contributed by atoms with Crippen molar-refractivity contribution in [3.8, 4) is 0 Å². The number of thiazole rings is 1. The van der Waals surface area contributed by atoms with Crippen molar-refractivity contribution >= 4 is 28.4 Å². The maximum Gasteiger partial charge on any atom is 0.312 e. The predicted molar refractivity (Wildman–Crippen MR) is 96.0 cm³/mol. The molecule has 1 aromatic heterocycles. The Morgan fingerprint density at radius 3 is 2.67 bits per heavy atom. The molecule has 0 bridgehead atoms. The summed E-state index contributed by atoms with van der Waals surface area (Å²) in [6.45, 7) is 0.548. The van der Waals surface area contributed by atoms with Crippen LogP contribution in [-0.4, -0.2) is 23.5 Å². The van der Waals surface area contributed by atoms with Crippen LogP contribution in [0.5, 0.6) is 0 Å². The van der Waals surface area contributed by atoms with Crippen LogP contribution in [0.15, 0.2) is 36.5 Å². The van der Waals surface area contributed by atoms with Crippen molar-refractivity contribution in [2.24, 2.45) is 5.73 Å². The van der Waals surface area contributed by atoms with Gasteiger partial charge in [0.25, 0.3) is 0 Å². The first kappa shape index (κ1) is 17.9. The molecule has 0 aliphatic rings. The number of carbonyl (C=O) groups is 2. The summed E-state index contributed by atoms with van der Waals surface area (Å²) in [6.07, 6.45) is 5.53. The van der Waals surface area contributed by atoms with E-state index in [2.05, 4.69) is 27.8 Å². The Labute approximate surface area is 145 Å². The average molecular weight is 346 g/mol. The van der Waals surface area contributed by atoms with Gasteiger partial charge in [-0.2, -0.15) is 0 Å². The van der Waals surface area contributed by atoms with E-state index in [1.807, 2.05) is 24.4 Å². The number of aromatic nitrogens is 1. The van der Waals surface area contributed by atoms with Crippen molar-refractivity contribution < 1.29 is 9.59 Å². The van der Waals surface area contributed by atoms with Crippen molar-refractivity contribution in [2.75, 3.05) is 11.9 Å². The summed E-state index contributed by atoms with van der Waals surface area (Å²) >= 11 is 1.50. The van der Waals surface area contributed by atoms with Gasteiger partial charge in [-0.1, -0.05) is 36.8 Å². The van der Waals surface area contributed by atoms with Gasteiger partial charge in [0.15, 0.2) is 5.13 Å². The minimum atomic E-state index is -0.511. The van der Waals surface area contributed by atoms with Crippen molar-refractivity contribution in [1.29, 1.82) is 0 Å². The van der Waals surface area contributed by atoms with Crippen LogP contribution in [0.1, 0.15) is 36.1 Å². The van der Waals surface area contributed by atoms with Crippen LogP contribution in [0, 0.1) is 0 Å². The molecule has 0 atom stereocenters. The summed E-state index contributed by atoms with van der Waals surface area (Å²) < 4.78 is 0. The number of nitrogens with zero attached hydrogens (tertiary/aromatic N) is 1. The highest BCUT2D eigenvalue weighted by atomic mass is 32.1. The Morgan fingerprint density at radius 2 is 1.92 bits per heavy atom. The molecule has 6 nitrogen and oxygen atoms in total. The summed E-state index contributed by atoms with van der Waals surface area (Å²) in [7, 11) is 0. The van der Waals surface area contributed by atoms with Crippen LogP contribution < -0.4 is 16.4 Å². The quantitative estimate of drug-likeness (QED) is 0.609. The van der Waals surface area contributed by atoms with E-state index in [0.29, 0.717) is 18.1 Å². The lowest BCUT2D eigenvalue weighted by molar-refractivity contribution is -0.116. The van der Waals surface area contributed by atoms with Crippen molar-refractivity contribution in [1.82, 2.24) is 10.3 Å². The van der Waals surface area contributed by atoms with Gasteiger partial charge in [-0.15, -0.1) is 11.3 Å². The summed E-state index contributed by atoms with van der Waals surface area (Å²) in [4.78, 5) is 27.8. The summed E-state index contributed by atoms with van der Waals surface area (Å²) in [6, 6.07) is 9.65. The van der Waals surface area contributed by atoms with Gasteiger partial charge in [0, 0.05) is 30.5 Å². The van der Waals surface area contributed by atoms with Gasteiger partial charge in [-0.25, -0.2) is 9.78 Å². The van der Waals surface area contributed by atoms with Gasteiger partial charge in [0.2, 0.25) is 5.91 Å². The van der Waals surface area contributed by atoms with Crippen molar-refractivity contribution in [3.05, 3.63) is 47.0 Å². The number of rotatable bonds is 9. The number of hydrogen-bond acceptors (Lipinski definition) is 4. The van der Waals surface area contributed by atoms with E-state index in [9.17, 15) is 9.59 Å². The largest absolute Gasteiger partial charge is 0.352 e. The minimum absolute atomic E-state index is 0.0292. The number of nitrogens with one attached hydrogen (secondary N) is 2. The van der Waals surface area contributed by atoms with Crippen LogP contribution in [0.25, 0.3) is 0 Å². The molecule has 2 rings (SSSR count). The highest BCUT2D eigenvalue weighted by molar-refractivity contribution is 7.15. The summed E-state index contributed by atoms with van der Waals surface area (Å²) in [5, 5.41) is 6.00. The second-order valence-corrected chi connectivity index (χ2v) is 6.56. The molecule has 0 aliphatic heterocycles. The van der Waals surface area contributed by atoms with E-state index in [-0.39, 0.29) is 5.91 Å². The van der Waals surface area contributed by atoms with E-state index >= 15 is 0 Å². The van der Waals surface area contributed by atoms with Gasteiger partial charge >= 0.3 is 6.03 Å². The Kier molecular flexibility index (Phi) is 7.22. The molecule has 7 heteroatoms. The topological polar surface area (TPSA) is 97.1 Å². The molecule has 0 radical (unpaired) electrons. The average Bonchev–Trinajstić information content (AvgIpc) is 2.98. The number of urea groups is 1. The highest BCUT2D eigenvalue weighted by Crippen LogP contribution is 2.21. The number of nitrogens with two attached hydrogens (primary N) is 1. The molecule has 0 fully saturated rings. The van der Waals surface area contributed by atoms with Gasteiger partial charge in [-0.3, -0.25) is 4.79 Å². The molecule has 4 N–H and O–H groups in total. The third-order valence-corrected chi connectivity index (χ3v) is 4.31. The monoisotopic (exact) mass is 346 g/mol. The van der Waals surface area contributed by atoms with Gasteiger partial charge in [0.1, 0.15) is 0 Å². The Bertz CT molecular complexity index is 658. The number of unbranched alkanes of at least 4 members (excludes halogenated alkanes) is 2. The zero-order chi connectivity index (χ0) is 17.2. The zero-order valence-electron chi connectivity index (χ0n) is 13.5. The second kappa shape index (κ2) is 9.67. The lowest BCUT2D eigenvalue weighted by atomic mass is 10.1. The van der Waals surface area contributed by atoms with Gasteiger partial charge in [-0.05, 0) is 18.4 Å². The fourth-order valence-electron chi connectivity index (χ4n) is 2.22. The molecular formula is C17H22N4O2S. The van der Waals surface area contributed by atoms with E-state index in [1.54, 1.807) is 0 Å². The van der Waals surface area contributed by atoms with Crippen molar-refractivity contribution in [3.63, 3.8) is 0 Å². The molecule has 0 aliphatic carbocycles. The Balaban J connectivity index is 1.66. The highest BCUT2D eigenvalue weighted by Gasteiger charge is 2.07. The summed E-state index contributed by atoms with van der Waals surface area (Å²) in [5.74, 6) is -0.0292. The SMILES string of the molecule is NC(=O)NCCCCCC(=O)Nc1ncc(Cc2ccccc2)s1. The van der Waals surface area contributed by atoms with Crippen LogP contribution >= 0.6 is 11.3 Å². The molecule has 0 saturated heterocycles. The lowest BCUT2D eigenvalue weighted by Crippen LogP contribution is -2.29. The number of hydrogen-bond donors (Lipinski definition) is 3. The van der Waals surface area contributed by atoms with Crippen LogP contribution in [0.2, 0.25) is 0 Å². The predicted octanol–water partition coefficient (Wildman–Crippen LogP) is 2.90. The zero-order valence-corrected chi connectivity index (χ0v) is 14.3. The number of primary amides is 1. The fraction of sp³-hybridized carbons (Fsp3) is 0.353. The summed E-state index contributed by atoms with van der Waals surface area (Å²) in [5.41, 5.74) is 6.20. The smallest absolute Gasteiger partial charge is 0.312 e.